The summed E-state index contributed by atoms with van der Waals surface area (Å²) in [5.41, 5.74) is 1.85. The summed E-state index contributed by atoms with van der Waals surface area (Å²) in [5, 5.41) is 2.84. The number of carbonyl (C=O) groups excluding carboxylic acids is 2. The molecule has 0 bridgehead atoms. The molecular weight excluding hydrogens is 392 g/mol. The quantitative estimate of drug-likeness (QED) is 0.693. The Bertz CT molecular complexity index is 935. The van der Waals surface area contributed by atoms with Gasteiger partial charge in [0.1, 0.15) is 18.1 Å². The first kappa shape index (κ1) is 22.7. The van der Waals surface area contributed by atoms with Gasteiger partial charge in [0.05, 0.1) is 11.1 Å². The van der Waals surface area contributed by atoms with Crippen LogP contribution in [0.15, 0.2) is 42.5 Å². The number of ether oxygens (including phenoxy) is 2. The molecule has 0 aliphatic carbocycles. The van der Waals surface area contributed by atoms with E-state index in [-0.39, 0.29) is 25.0 Å². The van der Waals surface area contributed by atoms with Crippen LogP contribution in [0.3, 0.4) is 0 Å². The van der Waals surface area contributed by atoms with Crippen LogP contribution in [0, 0.1) is 18.3 Å². The van der Waals surface area contributed by atoms with Gasteiger partial charge >= 0.3 is 0 Å². The van der Waals surface area contributed by atoms with E-state index in [1.54, 1.807) is 12.1 Å². The van der Waals surface area contributed by atoms with Crippen molar-refractivity contribution < 1.29 is 19.1 Å². The lowest BCUT2D eigenvalue weighted by Crippen LogP contribution is -2.42. The summed E-state index contributed by atoms with van der Waals surface area (Å²) in [4.78, 5) is 27.3. The third-order valence-corrected chi connectivity index (χ3v) is 5.27. The lowest BCUT2D eigenvalue weighted by Gasteiger charge is -2.28. The van der Waals surface area contributed by atoms with Crippen LogP contribution in [0.2, 0.25) is 0 Å². The maximum absolute atomic E-state index is 13.1. The van der Waals surface area contributed by atoms with Gasteiger partial charge in [-0.1, -0.05) is 31.5 Å². The average Bonchev–Trinajstić information content (AvgIpc) is 2.81. The average molecular weight is 425 g/mol. The van der Waals surface area contributed by atoms with Gasteiger partial charge in [-0.05, 0) is 57.4 Å². The van der Waals surface area contributed by atoms with Crippen LogP contribution in [-0.2, 0) is 9.59 Å². The Morgan fingerprint density at radius 3 is 2.58 bits per heavy atom. The van der Waals surface area contributed by atoms with Crippen LogP contribution in [0.5, 0.6) is 11.5 Å². The fourth-order valence-electron chi connectivity index (χ4n) is 3.31. The van der Waals surface area contributed by atoms with E-state index in [1.807, 2.05) is 56.0 Å². The van der Waals surface area contributed by atoms with E-state index in [0.29, 0.717) is 29.6 Å². The molecule has 0 spiro atoms. The van der Waals surface area contributed by atoms with Gasteiger partial charge in [-0.2, -0.15) is 0 Å². The van der Waals surface area contributed by atoms with Crippen molar-refractivity contribution in [1.82, 2.24) is 0 Å². The van der Waals surface area contributed by atoms with Crippen LogP contribution >= 0.6 is 0 Å². The normalized spacial score (nSPS) is 15.2. The van der Waals surface area contributed by atoms with Gasteiger partial charge in [-0.3, -0.25) is 9.59 Å². The van der Waals surface area contributed by atoms with Gasteiger partial charge in [0.25, 0.3) is 5.91 Å². The van der Waals surface area contributed by atoms with Crippen molar-refractivity contribution in [2.45, 2.75) is 41.0 Å². The highest BCUT2D eigenvalue weighted by Crippen LogP contribution is 2.38. The highest BCUT2D eigenvalue weighted by Gasteiger charge is 2.37. The van der Waals surface area contributed by atoms with Gasteiger partial charge < -0.3 is 19.7 Å². The molecule has 166 valence electrons. The summed E-state index contributed by atoms with van der Waals surface area (Å²) < 4.78 is 11.5. The second kappa shape index (κ2) is 9.41. The van der Waals surface area contributed by atoms with Crippen molar-refractivity contribution in [3.63, 3.8) is 0 Å². The summed E-state index contributed by atoms with van der Waals surface area (Å²) in [6, 6.07) is 12.9. The topological polar surface area (TPSA) is 67.9 Å². The van der Waals surface area contributed by atoms with Gasteiger partial charge in [-0.15, -0.1) is 0 Å². The van der Waals surface area contributed by atoms with E-state index in [2.05, 4.69) is 19.2 Å². The van der Waals surface area contributed by atoms with Crippen molar-refractivity contribution >= 4 is 23.2 Å². The molecule has 6 nitrogen and oxygen atoms in total. The van der Waals surface area contributed by atoms with E-state index in [9.17, 15) is 9.59 Å². The third kappa shape index (κ3) is 5.78. The monoisotopic (exact) mass is 424 g/mol. The van der Waals surface area contributed by atoms with Crippen LogP contribution in [0.25, 0.3) is 0 Å². The van der Waals surface area contributed by atoms with Gasteiger partial charge in [0.15, 0.2) is 6.61 Å². The Morgan fingerprint density at radius 2 is 1.90 bits per heavy atom. The molecule has 0 fully saturated rings. The fourth-order valence-corrected chi connectivity index (χ4v) is 3.31. The summed E-state index contributed by atoms with van der Waals surface area (Å²) >= 11 is 0. The first-order valence-electron chi connectivity index (χ1n) is 10.7. The molecule has 0 unspecified atom stereocenters. The van der Waals surface area contributed by atoms with E-state index in [1.165, 1.54) is 0 Å². The maximum atomic E-state index is 13.1. The molecule has 0 saturated carbocycles. The number of nitrogens with one attached hydrogen (secondary N) is 1. The number of anilines is 2. The van der Waals surface area contributed by atoms with Crippen LogP contribution < -0.4 is 19.7 Å². The zero-order chi connectivity index (χ0) is 22.6. The zero-order valence-electron chi connectivity index (χ0n) is 19.0. The van der Waals surface area contributed by atoms with Crippen molar-refractivity contribution in [2.75, 3.05) is 30.0 Å². The largest absolute Gasteiger partial charge is 0.490 e. The number of hydrogen-bond donors (Lipinski definition) is 1. The van der Waals surface area contributed by atoms with E-state index < -0.39 is 5.41 Å². The Kier molecular flexibility index (Phi) is 6.88. The van der Waals surface area contributed by atoms with Crippen molar-refractivity contribution in [3.8, 4) is 11.5 Å². The first-order chi connectivity index (χ1) is 14.7. The summed E-state index contributed by atoms with van der Waals surface area (Å²) in [6.45, 7) is 10.9. The summed E-state index contributed by atoms with van der Waals surface area (Å²) in [6.07, 6.45) is 0.899. The maximum Gasteiger partial charge on any atom is 0.262 e. The SMILES string of the molecule is Cc1ccc(OCC(=O)Nc2ccc3c(c2)OCC(C)(C)C(=O)N3CCC(C)C)cc1. The van der Waals surface area contributed by atoms with Crippen molar-refractivity contribution in [3.05, 3.63) is 48.0 Å². The predicted molar refractivity (Wildman–Crippen MR) is 123 cm³/mol. The first-order valence-corrected chi connectivity index (χ1v) is 10.7. The molecule has 2 aromatic rings. The molecule has 0 atom stereocenters. The summed E-state index contributed by atoms with van der Waals surface area (Å²) in [5.74, 6) is 1.51. The molecular formula is C25H32N2O4. The van der Waals surface area contributed by atoms with Crippen molar-refractivity contribution in [1.29, 1.82) is 0 Å². The molecule has 2 amide bonds. The number of carbonyl (C=O) groups is 2. The number of amides is 2. The number of rotatable bonds is 7. The second-order valence-corrected chi connectivity index (χ2v) is 9.14. The molecule has 3 rings (SSSR count). The van der Waals surface area contributed by atoms with E-state index in [0.717, 1.165) is 17.7 Å². The Labute approximate surface area is 184 Å². The Balaban J connectivity index is 1.72. The minimum absolute atomic E-state index is 0.0511. The smallest absolute Gasteiger partial charge is 0.262 e. The fraction of sp³-hybridized carbons (Fsp3) is 0.440. The Hall–Kier alpha value is -3.02. The minimum atomic E-state index is -0.624. The van der Waals surface area contributed by atoms with Crippen LogP contribution in [0.4, 0.5) is 11.4 Å². The summed E-state index contributed by atoms with van der Waals surface area (Å²) in [7, 11) is 0. The minimum Gasteiger partial charge on any atom is -0.490 e. The number of nitrogens with zero attached hydrogens (tertiary/aromatic N) is 1. The predicted octanol–water partition coefficient (Wildman–Crippen LogP) is 4.81. The molecule has 2 aromatic carbocycles. The van der Waals surface area contributed by atoms with Crippen molar-refractivity contribution in [2.24, 2.45) is 11.3 Å². The number of benzene rings is 2. The van der Waals surface area contributed by atoms with E-state index >= 15 is 0 Å². The van der Waals surface area contributed by atoms with Gasteiger partial charge in [-0.25, -0.2) is 0 Å². The molecule has 1 heterocycles. The molecule has 1 aliphatic rings. The van der Waals surface area contributed by atoms with E-state index in [4.69, 9.17) is 9.47 Å². The number of fused-ring (bicyclic) bond motifs is 1. The molecule has 0 radical (unpaired) electrons. The molecule has 1 N–H and O–H groups in total. The number of aryl methyl sites for hydroxylation is 1. The third-order valence-electron chi connectivity index (χ3n) is 5.27. The second-order valence-electron chi connectivity index (χ2n) is 9.14. The lowest BCUT2D eigenvalue weighted by atomic mass is 9.92. The molecule has 1 aliphatic heterocycles. The van der Waals surface area contributed by atoms with Crippen LogP contribution in [0.1, 0.15) is 39.7 Å². The molecule has 6 heteroatoms. The Morgan fingerprint density at radius 1 is 1.19 bits per heavy atom. The standard InChI is InChI=1S/C25H32N2O4/c1-17(2)12-13-27-21-11-8-19(14-22(21)31-16-25(4,5)24(27)29)26-23(28)15-30-20-9-6-18(3)7-10-20/h6-11,14,17H,12-13,15-16H2,1-5H3,(H,26,28). The lowest BCUT2D eigenvalue weighted by molar-refractivity contribution is -0.127. The highest BCUT2D eigenvalue weighted by atomic mass is 16.5. The van der Waals surface area contributed by atoms with Crippen LogP contribution in [-0.4, -0.2) is 31.6 Å². The zero-order valence-corrected chi connectivity index (χ0v) is 19.0. The molecule has 31 heavy (non-hydrogen) atoms. The number of hydrogen-bond acceptors (Lipinski definition) is 4. The van der Waals surface area contributed by atoms with Gasteiger partial charge in [0, 0.05) is 18.3 Å². The van der Waals surface area contributed by atoms with Gasteiger partial charge in [0.2, 0.25) is 5.91 Å². The highest BCUT2D eigenvalue weighted by molar-refractivity contribution is 6.00. The molecule has 0 saturated heterocycles. The molecule has 0 aromatic heterocycles.